The van der Waals surface area contributed by atoms with E-state index in [9.17, 15) is 5.11 Å². The molecule has 0 spiro atoms. The Balaban J connectivity index is 1.43. The molecule has 2 aliphatic rings. The van der Waals surface area contributed by atoms with Crippen molar-refractivity contribution in [1.29, 1.82) is 0 Å². The first-order valence-corrected chi connectivity index (χ1v) is 11.9. The van der Waals surface area contributed by atoms with Gasteiger partial charge in [-0.1, -0.05) is 42.5 Å². The Morgan fingerprint density at radius 2 is 1.94 bits per heavy atom. The molecule has 3 aromatic carbocycles. The molecule has 0 amide bonds. The van der Waals surface area contributed by atoms with Crippen molar-refractivity contribution in [3.63, 3.8) is 0 Å². The molecule has 5 rings (SSSR count). The van der Waals surface area contributed by atoms with Crippen LogP contribution in [0.4, 0.5) is 0 Å². The van der Waals surface area contributed by atoms with Gasteiger partial charge in [0.15, 0.2) is 11.5 Å². The summed E-state index contributed by atoms with van der Waals surface area (Å²) in [4.78, 5) is 0. The molecular formula is C27H26BrNO4. The number of aliphatic hydroxyl groups is 1. The second-order valence-corrected chi connectivity index (χ2v) is 9.07. The molecule has 2 aliphatic heterocycles. The van der Waals surface area contributed by atoms with Crippen molar-refractivity contribution >= 4 is 22.0 Å². The van der Waals surface area contributed by atoms with Crippen LogP contribution in [0.2, 0.25) is 0 Å². The van der Waals surface area contributed by atoms with Crippen LogP contribution in [-0.2, 0) is 19.6 Å². The third kappa shape index (κ3) is 4.51. The van der Waals surface area contributed by atoms with Crippen LogP contribution in [0.15, 0.2) is 59.1 Å². The Bertz CT molecular complexity index is 1190. The van der Waals surface area contributed by atoms with Gasteiger partial charge in [0.05, 0.1) is 12.6 Å². The third-order valence-electron chi connectivity index (χ3n) is 6.14. The van der Waals surface area contributed by atoms with Crippen molar-refractivity contribution in [1.82, 2.24) is 5.32 Å². The highest BCUT2D eigenvalue weighted by Gasteiger charge is 2.25. The number of fused-ring (bicyclic) bond motifs is 2. The van der Waals surface area contributed by atoms with E-state index in [2.05, 4.69) is 46.4 Å². The van der Waals surface area contributed by atoms with Gasteiger partial charge in [-0.2, -0.15) is 0 Å². The Hall–Kier alpha value is -2.80. The summed E-state index contributed by atoms with van der Waals surface area (Å²) in [5, 5.41) is 13.7. The predicted octanol–water partition coefficient (Wildman–Crippen LogP) is 5.46. The van der Waals surface area contributed by atoms with Crippen LogP contribution < -0.4 is 19.5 Å². The fourth-order valence-electron chi connectivity index (χ4n) is 4.36. The fraction of sp³-hybridized carbons (Fsp3) is 0.259. The minimum atomic E-state index is -0.101. The van der Waals surface area contributed by atoms with Crippen LogP contribution in [0.3, 0.4) is 0 Å². The van der Waals surface area contributed by atoms with E-state index in [1.54, 1.807) is 0 Å². The van der Waals surface area contributed by atoms with Crippen LogP contribution in [0.25, 0.3) is 6.08 Å². The summed E-state index contributed by atoms with van der Waals surface area (Å²) in [5.74, 6) is 2.30. The van der Waals surface area contributed by atoms with Crippen molar-refractivity contribution in [2.45, 2.75) is 32.6 Å². The lowest BCUT2D eigenvalue weighted by molar-refractivity contribution is 0.174. The molecule has 0 aromatic heterocycles. The van der Waals surface area contributed by atoms with Crippen molar-refractivity contribution in [2.75, 3.05) is 13.3 Å². The highest BCUT2D eigenvalue weighted by molar-refractivity contribution is 9.10. The number of hydrogen-bond acceptors (Lipinski definition) is 5. The normalized spacial score (nSPS) is 16.8. The van der Waals surface area contributed by atoms with E-state index in [1.807, 2.05) is 42.5 Å². The van der Waals surface area contributed by atoms with E-state index in [0.717, 1.165) is 62.5 Å². The molecular weight excluding hydrogens is 482 g/mol. The van der Waals surface area contributed by atoms with Crippen molar-refractivity contribution in [2.24, 2.45) is 0 Å². The summed E-state index contributed by atoms with van der Waals surface area (Å²) < 4.78 is 18.0. The first kappa shape index (κ1) is 22.0. The maximum absolute atomic E-state index is 10.1. The lowest BCUT2D eigenvalue weighted by atomic mass is 9.91. The topological polar surface area (TPSA) is 60.0 Å². The van der Waals surface area contributed by atoms with E-state index < -0.39 is 0 Å². The van der Waals surface area contributed by atoms with Gasteiger partial charge in [-0.25, -0.2) is 0 Å². The van der Waals surface area contributed by atoms with Gasteiger partial charge in [0.25, 0.3) is 0 Å². The standard InChI is InChI=1S/C27H26BrNO4/c1-17-11-24-25(33-16-32-24)12-19(17)7-8-22-26-20(9-10-29-22)13-23(21(14-30)27(26)28)31-15-18-5-3-2-4-6-18/h2-8,11-13,22,29-30H,9-10,14-16H2,1H3/b8-7+. The van der Waals surface area contributed by atoms with Gasteiger partial charge in [0.2, 0.25) is 6.79 Å². The van der Waals surface area contributed by atoms with Crippen LogP contribution in [0, 0.1) is 6.92 Å². The zero-order chi connectivity index (χ0) is 22.8. The molecule has 170 valence electrons. The van der Waals surface area contributed by atoms with Crippen molar-refractivity contribution < 1.29 is 19.3 Å². The Morgan fingerprint density at radius 1 is 1.15 bits per heavy atom. The van der Waals surface area contributed by atoms with Crippen LogP contribution in [0.5, 0.6) is 17.2 Å². The van der Waals surface area contributed by atoms with E-state index in [4.69, 9.17) is 14.2 Å². The first-order valence-electron chi connectivity index (χ1n) is 11.1. The summed E-state index contributed by atoms with van der Waals surface area (Å²) >= 11 is 3.78. The predicted molar refractivity (Wildman–Crippen MR) is 132 cm³/mol. The van der Waals surface area contributed by atoms with Crippen molar-refractivity contribution in [3.8, 4) is 17.2 Å². The smallest absolute Gasteiger partial charge is 0.231 e. The van der Waals surface area contributed by atoms with Gasteiger partial charge in [-0.3, -0.25) is 0 Å². The average molecular weight is 508 g/mol. The second kappa shape index (κ2) is 9.59. The highest BCUT2D eigenvalue weighted by atomic mass is 79.9. The number of benzene rings is 3. The molecule has 1 unspecified atom stereocenters. The molecule has 0 aliphatic carbocycles. The van der Waals surface area contributed by atoms with Gasteiger partial charge >= 0.3 is 0 Å². The number of aryl methyl sites for hydroxylation is 1. The van der Waals surface area contributed by atoms with Crippen LogP contribution >= 0.6 is 15.9 Å². The fourth-order valence-corrected chi connectivity index (χ4v) is 5.18. The van der Waals surface area contributed by atoms with Crippen molar-refractivity contribution in [3.05, 3.63) is 92.5 Å². The molecule has 6 heteroatoms. The highest BCUT2D eigenvalue weighted by Crippen LogP contribution is 2.40. The number of ether oxygens (including phenoxy) is 3. The second-order valence-electron chi connectivity index (χ2n) is 8.28. The summed E-state index contributed by atoms with van der Waals surface area (Å²) in [6.07, 6.45) is 5.18. The zero-order valence-corrected chi connectivity index (χ0v) is 20.0. The first-order chi connectivity index (χ1) is 16.1. The van der Waals surface area contributed by atoms with E-state index in [0.29, 0.717) is 6.61 Å². The Morgan fingerprint density at radius 3 is 2.73 bits per heavy atom. The molecule has 2 N–H and O–H groups in total. The van der Waals surface area contributed by atoms with Gasteiger partial charge in [-0.05, 0) is 75.3 Å². The molecule has 0 saturated carbocycles. The van der Waals surface area contributed by atoms with Crippen LogP contribution in [0.1, 0.15) is 39.4 Å². The number of aliphatic hydroxyl groups excluding tert-OH is 1. The minimum Gasteiger partial charge on any atom is -0.488 e. The summed E-state index contributed by atoms with van der Waals surface area (Å²) in [5.41, 5.74) is 6.45. The molecule has 3 aromatic rings. The number of halogens is 1. The lowest BCUT2D eigenvalue weighted by Crippen LogP contribution is -2.29. The van der Waals surface area contributed by atoms with Gasteiger partial charge in [-0.15, -0.1) is 0 Å². The van der Waals surface area contributed by atoms with Gasteiger partial charge in [0, 0.05) is 16.6 Å². The molecule has 0 fully saturated rings. The zero-order valence-electron chi connectivity index (χ0n) is 18.4. The van der Waals surface area contributed by atoms with Crippen LogP contribution in [-0.4, -0.2) is 18.4 Å². The molecule has 1 atom stereocenters. The Labute approximate surface area is 202 Å². The summed E-state index contributed by atoms with van der Waals surface area (Å²) in [7, 11) is 0. The average Bonchev–Trinajstić information content (AvgIpc) is 3.29. The summed E-state index contributed by atoms with van der Waals surface area (Å²) in [6.45, 7) is 3.57. The number of nitrogens with one attached hydrogen (secondary N) is 1. The minimum absolute atomic E-state index is 0.0152. The van der Waals surface area contributed by atoms with Gasteiger partial charge < -0.3 is 24.6 Å². The lowest BCUT2D eigenvalue weighted by Gasteiger charge is -2.28. The van der Waals surface area contributed by atoms with Gasteiger partial charge in [0.1, 0.15) is 12.4 Å². The summed E-state index contributed by atoms with van der Waals surface area (Å²) in [6, 6.07) is 16.2. The largest absolute Gasteiger partial charge is 0.488 e. The quantitative estimate of drug-likeness (QED) is 0.464. The number of rotatable bonds is 6. The molecule has 33 heavy (non-hydrogen) atoms. The Kier molecular flexibility index (Phi) is 6.40. The molecule has 2 heterocycles. The number of hydrogen-bond donors (Lipinski definition) is 2. The van der Waals surface area contributed by atoms with E-state index >= 15 is 0 Å². The SMILES string of the molecule is Cc1cc2c(cc1/C=C/C1NCCc3cc(OCc4ccccc4)c(CO)c(Br)c31)OCO2. The van der Waals surface area contributed by atoms with E-state index in [-0.39, 0.29) is 19.4 Å². The third-order valence-corrected chi connectivity index (χ3v) is 7.05. The molecule has 0 saturated heterocycles. The maximum atomic E-state index is 10.1. The maximum Gasteiger partial charge on any atom is 0.231 e. The molecule has 0 bridgehead atoms. The monoisotopic (exact) mass is 507 g/mol. The molecule has 5 nitrogen and oxygen atoms in total. The molecule has 0 radical (unpaired) electrons. The van der Waals surface area contributed by atoms with E-state index in [1.165, 1.54) is 5.56 Å².